The predicted molar refractivity (Wildman–Crippen MR) is 130 cm³/mol. The van der Waals surface area contributed by atoms with Gasteiger partial charge in [0.05, 0.1) is 23.2 Å². The second-order valence-electron chi connectivity index (χ2n) is 7.14. The number of carbonyl (C=O) groups is 1. The Hall–Kier alpha value is -2.90. The molecule has 4 aromatic rings. The molecule has 0 saturated heterocycles. The molecule has 1 heterocycles. The standard InChI is InChI=1S/C24H20BrN3O2S/c1-16-6-5-9-19(12-16)26-22(29)15-31-24-27-21-11-10-18(25)13-20(21)23(30)28(24)14-17-7-3-2-4-8-17/h2-13H,14-15H2,1H3,(H,26,29). The van der Waals surface area contributed by atoms with Crippen molar-refractivity contribution in [3.63, 3.8) is 0 Å². The second-order valence-corrected chi connectivity index (χ2v) is 9.00. The van der Waals surface area contributed by atoms with Crippen molar-refractivity contribution in [3.8, 4) is 0 Å². The van der Waals surface area contributed by atoms with Gasteiger partial charge in [0.2, 0.25) is 5.91 Å². The molecule has 0 saturated carbocycles. The van der Waals surface area contributed by atoms with Crippen LogP contribution in [0.1, 0.15) is 11.1 Å². The van der Waals surface area contributed by atoms with Gasteiger partial charge in [-0.2, -0.15) is 0 Å². The maximum absolute atomic E-state index is 13.3. The molecule has 3 aromatic carbocycles. The summed E-state index contributed by atoms with van der Waals surface area (Å²) < 4.78 is 2.46. The Morgan fingerprint density at radius 3 is 2.65 bits per heavy atom. The fourth-order valence-corrected chi connectivity index (χ4v) is 4.40. The summed E-state index contributed by atoms with van der Waals surface area (Å²) in [6.45, 7) is 2.36. The van der Waals surface area contributed by atoms with Crippen LogP contribution < -0.4 is 10.9 Å². The number of fused-ring (bicyclic) bond motifs is 1. The zero-order chi connectivity index (χ0) is 21.8. The SMILES string of the molecule is Cc1cccc(NC(=O)CSc2nc3ccc(Br)cc3c(=O)n2Cc2ccccc2)c1. The van der Waals surface area contributed by atoms with Gasteiger partial charge < -0.3 is 5.32 Å². The molecule has 0 atom stereocenters. The third kappa shape index (κ3) is 5.24. The van der Waals surface area contributed by atoms with E-state index in [0.29, 0.717) is 22.6 Å². The van der Waals surface area contributed by atoms with Gasteiger partial charge in [-0.3, -0.25) is 14.2 Å². The first-order valence-electron chi connectivity index (χ1n) is 9.73. The van der Waals surface area contributed by atoms with Gasteiger partial charge in [-0.1, -0.05) is 70.2 Å². The van der Waals surface area contributed by atoms with E-state index < -0.39 is 0 Å². The van der Waals surface area contributed by atoms with Gasteiger partial charge in [-0.15, -0.1) is 0 Å². The van der Waals surface area contributed by atoms with Crippen LogP contribution >= 0.6 is 27.7 Å². The van der Waals surface area contributed by atoms with Gasteiger partial charge in [0.1, 0.15) is 0 Å². The zero-order valence-corrected chi connectivity index (χ0v) is 19.2. The maximum atomic E-state index is 13.3. The molecular formula is C24H20BrN3O2S. The van der Waals surface area contributed by atoms with Crippen molar-refractivity contribution in [1.82, 2.24) is 9.55 Å². The highest BCUT2D eigenvalue weighted by Gasteiger charge is 2.14. The largest absolute Gasteiger partial charge is 0.325 e. The first-order valence-corrected chi connectivity index (χ1v) is 11.5. The molecule has 1 aromatic heterocycles. The van der Waals surface area contributed by atoms with Crippen LogP contribution in [0.4, 0.5) is 5.69 Å². The molecule has 156 valence electrons. The molecule has 31 heavy (non-hydrogen) atoms. The molecule has 4 rings (SSSR count). The summed E-state index contributed by atoms with van der Waals surface area (Å²) in [5, 5.41) is 3.96. The van der Waals surface area contributed by atoms with Crippen LogP contribution in [-0.2, 0) is 11.3 Å². The summed E-state index contributed by atoms with van der Waals surface area (Å²) in [6.07, 6.45) is 0. The summed E-state index contributed by atoms with van der Waals surface area (Å²) in [5.41, 5.74) is 3.30. The third-order valence-electron chi connectivity index (χ3n) is 4.70. The topological polar surface area (TPSA) is 64.0 Å². The average Bonchev–Trinajstić information content (AvgIpc) is 2.76. The Labute approximate surface area is 192 Å². The van der Waals surface area contributed by atoms with Gasteiger partial charge in [0, 0.05) is 10.2 Å². The number of benzene rings is 3. The van der Waals surface area contributed by atoms with Gasteiger partial charge in [0.25, 0.3) is 5.56 Å². The third-order valence-corrected chi connectivity index (χ3v) is 6.17. The molecule has 0 spiro atoms. The quantitative estimate of drug-likeness (QED) is 0.294. The molecule has 0 radical (unpaired) electrons. The minimum atomic E-state index is -0.146. The van der Waals surface area contributed by atoms with Crippen molar-refractivity contribution in [1.29, 1.82) is 0 Å². The van der Waals surface area contributed by atoms with Gasteiger partial charge in [0.15, 0.2) is 5.16 Å². The minimum Gasteiger partial charge on any atom is -0.325 e. The highest BCUT2D eigenvalue weighted by Crippen LogP contribution is 2.22. The molecule has 0 unspecified atom stereocenters. The monoisotopic (exact) mass is 493 g/mol. The minimum absolute atomic E-state index is 0.128. The molecule has 0 bridgehead atoms. The summed E-state index contributed by atoms with van der Waals surface area (Å²) in [5.74, 6) is 0.00372. The van der Waals surface area contributed by atoms with E-state index >= 15 is 0 Å². The van der Waals surface area contributed by atoms with E-state index in [4.69, 9.17) is 4.98 Å². The fraction of sp³-hybridized carbons (Fsp3) is 0.125. The molecule has 0 fully saturated rings. The highest BCUT2D eigenvalue weighted by molar-refractivity contribution is 9.10. The van der Waals surface area contributed by atoms with Crippen molar-refractivity contribution in [2.75, 3.05) is 11.1 Å². The first-order chi connectivity index (χ1) is 15.0. The molecule has 1 amide bonds. The van der Waals surface area contributed by atoms with Crippen LogP contribution in [-0.4, -0.2) is 21.2 Å². The lowest BCUT2D eigenvalue weighted by Crippen LogP contribution is -2.25. The molecule has 5 nitrogen and oxygen atoms in total. The van der Waals surface area contributed by atoms with Crippen LogP contribution in [0.25, 0.3) is 10.9 Å². The van der Waals surface area contributed by atoms with E-state index in [1.165, 1.54) is 11.8 Å². The lowest BCUT2D eigenvalue weighted by atomic mass is 10.2. The smallest absolute Gasteiger partial charge is 0.262 e. The molecule has 0 aliphatic heterocycles. The Kier molecular flexibility index (Phi) is 6.53. The van der Waals surface area contributed by atoms with E-state index in [1.807, 2.05) is 73.7 Å². The number of amides is 1. The first kappa shape index (κ1) is 21.3. The number of hydrogen-bond acceptors (Lipinski definition) is 4. The summed E-state index contributed by atoms with van der Waals surface area (Å²) >= 11 is 4.69. The molecular weight excluding hydrogens is 474 g/mol. The zero-order valence-electron chi connectivity index (χ0n) is 16.8. The molecule has 1 N–H and O–H groups in total. The number of halogens is 1. The van der Waals surface area contributed by atoms with E-state index in [2.05, 4.69) is 21.2 Å². The van der Waals surface area contributed by atoms with Crippen molar-refractivity contribution in [2.24, 2.45) is 0 Å². The summed E-state index contributed by atoms with van der Waals surface area (Å²) in [4.78, 5) is 30.5. The molecule has 0 aliphatic carbocycles. The number of carbonyl (C=O) groups excluding carboxylic acids is 1. The van der Waals surface area contributed by atoms with Crippen LogP contribution in [0, 0.1) is 6.92 Å². The normalized spacial score (nSPS) is 10.9. The van der Waals surface area contributed by atoms with E-state index in [9.17, 15) is 9.59 Å². The highest BCUT2D eigenvalue weighted by atomic mass is 79.9. The molecule has 0 aliphatic rings. The lowest BCUT2D eigenvalue weighted by molar-refractivity contribution is -0.113. The number of aromatic nitrogens is 2. The summed E-state index contributed by atoms with van der Waals surface area (Å²) in [7, 11) is 0. The van der Waals surface area contributed by atoms with Crippen LogP contribution in [0.15, 0.2) is 87.2 Å². The lowest BCUT2D eigenvalue weighted by Gasteiger charge is -2.13. The molecule has 7 heteroatoms. The van der Waals surface area contributed by atoms with Crippen molar-refractivity contribution >= 4 is 50.2 Å². The number of nitrogens with zero attached hydrogens (tertiary/aromatic N) is 2. The van der Waals surface area contributed by atoms with Crippen LogP contribution in [0.5, 0.6) is 0 Å². The van der Waals surface area contributed by atoms with Crippen LogP contribution in [0.3, 0.4) is 0 Å². The van der Waals surface area contributed by atoms with Crippen molar-refractivity contribution in [3.05, 3.63) is 98.7 Å². The number of rotatable bonds is 6. The number of aryl methyl sites for hydroxylation is 1. The van der Waals surface area contributed by atoms with Gasteiger partial charge in [-0.05, 0) is 48.4 Å². The Balaban J connectivity index is 1.63. The van der Waals surface area contributed by atoms with Crippen molar-refractivity contribution in [2.45, 2.75) is 18.6 Å². The Bertz CT molecular complexity index is 1310. The Morgan fingerprint density at radius 2 is 1.87 bits per heavy atom. The van der Waals surface area contributed by atoms with Crippen LogP contribution in [0.2, 0.25) is 0 Å². The van der Waals surface area contributed by atoms with Gasteiger partial charge >= 0.3 is 0 Å². The Morgan fingerprint density at radius 1 is 1.06 bits per heavy atom. The van der Waals surface area contributed by atoms with Crippen molar-refractivity contribution < 1.29 is 4.79 Å². The number of nitrogens with one attached hydrogen (secondary N) is 1. The number of anilines is 1. The van der Waals surface area contributed by atoms with E-state index in [1.54, 1.807) is 10.6 Å². The second kappa shape index (κ2) is 9.49. The summed E-state index contributed by atoms with van der Waals surface area (Å²) in [6, 6.07) is 22.8. The fourth-order valence-electron chi connectivity index (χ4n) is 3.24. The average molecular weight is 494 g/mol. The maximum Gasteiger partial charge on any atom is 0.262 e. The van der Waals surface area contributed by atoms with E-state index in [-0.39, 0.29) is 17.2 Å². The van der Waals surface area contributed by atoms with Gasteiger partial charge in [-0.25, -0.2) is 4.98 Å². The number of hydrogen-bond donors (Lipinski definition) is 1. The number of thioether (sulfide) groups is 1. The predicted octanol–water partition coefficient (Wildman–Crippen LogP) is 5.25. The van der Waals surface area contributed by atoms with E-state index in [0.717, 1.165) is 21.3 Å².